The molecule has 10 heteroatoms. The number of carbonyl (C=O) groups excluding carboxylic acids is 1. The minimum atomic E-state index is -0.710. The zero-order chi connectivity index (χ0) is 23.8. The van der Waals surface area contributed by atoms with Gasteiger partial charge >= 0.3 is 11.8 Å². The van der Waals surface area contributed by atoms with Crippen molar-refractivity contribution < 1.29 is 14.6 Å². The number of ether oxygens (including phenoxy) is 1. The highest BCUT2D eigenvalue weighted by Crippen LogP contribution is 2.46. The molecule has 1 spiro atoms. The zero-order valence-corrected chi connectivity index (χ0v) is 19.4. The van der Waals surface area contributed by atoms with Crippen molar-refractivity contribution in [1.29, 1.82) is 5.41 Å². The molecule has 178 valence electrons. The average molecular weight is 450 g/mol. The largest absolute Gasteiger partial charge is 0.494 e. The van der Waals surface area contributed by atoms with E-state index in [0.29, 0.717) is 32.4 Å². The van der Waals surface area contributed by atoms with Crippen LogP contribution in [-0.2, 0) is 11.3 Å². The summed E-state index contributed by atoms with van der Waals surface area (Å²) in [6.45, 7) is 8.95. The van der Waals surface area contributed by atoms with E-state index in [0.717, 1.165) is 23.8 Å². The highest BCUT2D eigenvalue weighted by molar-refractivity contribution is 5.96. The molecule has 4 N–H and O–H groups in total. The first-order valence-electron chi connectivity index (χ1n) is 11.3. The Morgan fingerprint density at radius 1 is 1.25 bits per heavy atom. The van der Waals surface area contributed by atoms with E-state index in [4.69, 9.17) is 15.9 Å². The van der Waals surface area contributed by atoms with Gasteiger partial charge in [0.25, 0.3) is 5.56 Å². The van der Waals surface area contributed by atoms with Crippen LogP contribution >= 0.6 is 0 Å². The lowest BCUT2D eigenvalue weighted by atomic mass is 9.67. The monoisotopic (exact) mass is 449 g/mol. The van der Waals surface area contributed by atoms with Crippen LogP contribution in [0.3, 0.4) is 0 Å². The summed E-state index contributed by atoms with van der Waals surface area (Å²) in [5.41, 5.74) is 3.43. The predicted octanol–water partition coefficient (Wildman–Crippen LogP) is 2.15. The van der Waals surface area contributed by atoms with E-state index in [1.807, 2.05) is 27.7 Å². The fraction of sp³-hybridized carbons (Fsp3) is 0.727. The zero-order valence-electron chi connectivity index (χ0n) is 19.4. The molecule has 10 nitrogen and oxygen atoms in total. The smallest absolute Gasteiger partial charge is 0.410 e. The van der Waals surface area contributed by atoms with E-state index >= 15 is 0 Å². The molecule has 1 aromatic rings. The van der Waals surface area contributed by atoms with Crippen molar-refractivity contribution in [1.82, 2.24) is 14.0 Å². The molecule has 3 rings (SSSR count). The summed E-state index contributed by atoms with van der Waals surface area (Å²) in [6, 6.07) is -0.331. The van der Waals surface area contributed by atoms with Gasteiger partial charge in [-0.15, -0.1) is 0 Å². The number of nitrogens with zero attached hydrogens (tertiary/aromatic N) is 3. The number of likely N-dealkylation sites (tertiary alicyclic amines) is 1. The highest BCUT2D eigenvalue weighted by atomic mass is 16.6. The Hall–Kier alpha value is -2.78. The van der Waals surface area contributed by atoms with E-state index in [-0.39, 0.29) is 29.7 Å². The number of nitrogens with one attached hydrogen (secondary N) is 1. The molecule has 1 aliphatic carbocycles. The lowest BCUT2D eigenvalue weighted by Crippen LogP contribution is -2.60. The summed E-state index contributed by atoms with van der Waals surface area (Å²) in [4.78, 5) is 40.0. The van der Waals surface area contributed by atoms with Gasteiger partial charge in [0.2, 0.25) is 5.88 Å². The van der Waals surface area contributed by atoms with Gasteiger partial charge in [0.05, 0.1) is 0 Å². The Bertz CT molecular complexity index is 1000. The van der Waals surface area contributed by atoms with Crippen LogP contribution in [0.1, 0.15) is 77.8 Å². The summed E-state index contributed by atoms with van der Waals surface area (Å²) in [7, 11) is 0. The third kappa shape index (κ3) is 4.54. The van der Waals surface area contributed by atoms with Crippen LogP contribution in [0, 0.1) is 10.8 Å². The average Bonchev–Trinajstić information content (AvgIpc) is 2.65. The second kappa shape index (κ2) is 8.63. The number of carbonyl (C=O) groups is 1. The Labute approximate surface area is 187 Å². The van der Waals surface area contributed by atoms with Crippen LogP contribution in [0.4, 0.5) is 4.79 Å². The van der Waals surface area contributed by atoms with E-state index in [1.54, 1.807) is 4.90 Å². The summed E-state index contributed by atoms with van der Waals surface area (Å²) >= 11 is 0. The van der Waals surface area contributed by atoms with Crippen molar-refractivity contribution in [2.75, 3.05) is 13.1 Å². The number of amidine groups is 1. The molecule has 32 heavy (non-hydrogen) atoms. The number of nitrogens with two attached hydrogens (primary N) is 1. The lowest BCUT2D eigenvalue weighted by molar-refractivity contribution is -0.0537. The van der Waals surface area contributed by atoms with E-state index in [9.17, 15) is 19.5 Å². The number of hydrogen-bond donors (Lipinski definition) is 3. The second-order valence-corrected chi connectivity index (χ2v) is 10.1. The van der Waals surface area contributed by atoms with Crippen LogP contribution in [0.5, 0.6) is 5.88 Å². The van der Waals surface area contributed by atoms with Gasteiger partial charge in [-0.1, -0.05) is 13.3 Å². The maximum Gasteiger partial charge on any atom is 0.410 e. The van der Waals surface area contributed by atoms with Crippen molar-refractivity contribution >= 4 is 11.9 Å². The van der Waals surface area contributed by atoms with Gasteiger partial charge in [-0.2, -0.15) is 0 Å². The Balaban J connectivity index is 1.78. The Morgan fingerprint density at radius 3 is 2.34 bits per heavy atom. The number of aromatic nitrogens is 2. The molecule has 0 aromatic carbocycles. The molecular weight excluding hydrogens is 414 g/mol. The van der Waals surface area contributed by atoms with Gasteiger partial charge in [0, 0.05) is 31.1 Å². The van der Waals surface area contributed by atoms with Crippen LogP contribution in [0.25, 0.3) is 0 Å². The third-order valence-corrected chi connectivity index (χ3v) is 6.44. The standard InChI is InChI=1S/C22H35N5O5/c1-5-6-11-26-17(28)15(16(23)24)18(29)27(19(26)30)14-7-9-22(10-8-14)12-25(13-22)20(31)32-21(2,3)4/h14,28H,5-13H2,1-4H3,(H3,23,24). The number of amides is 1. The molecule has 2 fully saturated rings. The van der Waals surface area contributed by atoms with Gasteiger partial charge in [-0.05, 0) is 52.9 Å². The molecule has 1 aliphatic heterocycles. The van der Waals surface area contributed by atoms with Gasteiger partial charge in [-0.25, -0.2) is 9.59 Å². The van der Waals surface area contributed by atoms with E-state index in [2.05, 4.69) is 0 Å². The minimum absolute atomic E-state index is 0.0153. The number of aromatic hydroxyl groups is 1. The summed E-state index contributed by atoms with van der Waals surface area (Å²) in [5.74, 6) is -1.08. The number of unbranched alkanes of at least 4 members (excludes halogenated alkanes) is 1. The molecule has 1 amide bonds. The quantitative estimate of drug-likeness (QED) is 0.464. The number of hydrogen-bond acceptors (Lipinski definition) is 6. The van der Waals surface area contributed by atoms with Crippen LogP contribution in [-0.4, -0.2) is 49.8 Å². The molecule has 0 atom stereocenters. The minimum Gasteiger partial charge on any atom is -0.494 e. The molecule has 1 saturated carbocycles. The fourth-order valence-corrected chi connectivity index (χ4v) is 4.74. The van der Waals surface area contributed by atoms with Gasteiger partial charge in [0.1, 0.15) is 17.0 Å². The first kappa shape index (κ1) is 23.9. The van der Waals surface area contributed by atoms with Crippen molar-refractivity contribution in [3.63, 3.8) is 0 Å². The molecule has 0 unspecified atom stereocenters. The Morgan fingerprint density at radius 2 is 1.84 bits per heavy atom. The summed E-state index contributed by atoms with van der Waals surface area (Å²) < 4.78 is 7.75. The van der Waals surface area contributed by atoms with Crippen LogP contribution in [0.2, 0.25) is 0 Å². The SMILES string of the molecule is CCCCn1c(O)c(C(=N)N)c(=O)n(C2CCC3(CC2)CN(C(=O)OC(C)(C)C)C3)c1=O. The van der Waals surface area contributed by atoms with E-state index < -0.39 is 28.6 Å². The number of rotatable bonds is 5. The molecular formula is C22H35N5O5. The van der Waals surface area contributed by atoms with Gasteiger partial charge < -0.3 is 20.5 Å². The maximum atomic E-state index is 13.1. The third-order valence-electron chi connectivity index (χ3n) is 6.44. The molecule has 1 saturated heterocycles. The molecule has 0 radical (unpaired) electrons. The second-order valence-electron chi connectivity index (χ2n) is 10.1. The van der Waals surface area contributed by atoms with Crippen LogP contribution < -0.4 is 17.0 Å². The molecule has 2 heterocycles. The Kier molecular flexibility index (Phi) is 6.44. The van der Waals surface area contributed by atoms with E-state index in [1.165, 1.54) is 4.57 Å². The van der Waals surface area contributed by atoms with Crippen molar-refractivity contribution in [2.45, 2.75) is 84.4 Å². The summed E-state index contributed by atoms with van der Waals surface area (Å²) in [5, 5.41) is 18.2. The number of nitrogen functional groups attached to an aromatic ring is 1. The van der Waals surface area contributed by atoms with Crippen molar-refractivity contribution in [3.05, 3.63) is 26.4 Å². The highest BCUT2D eigenvalue weighted by Gasteiger charge is 2.48. The predicted molar refractivity (Wildman–Crippen MR) is 120 cm³/mol. The van der Waals surface area contributed by atoms with Crippen molar-refractivity contribution in [2.24, 2.45) is 11.1 Å². The van der Waals surface area contributed by atoms with Crippen LogP contribution in [0.15, 0.2) is 9.59 Å². The van der Waals surface area contributed by atoms with Crippen molar-refractivity contribution in [3.8, 4) is 5.88 Å². The molecule has 2 aliphatic rings. The molecule has 0 bridgehead atoms. The van der Waals surface area contributed by atoms with Gasteiger partial charge in [-0.3, -0.25) is 19.3 Å². The lowest BCUT2D eigenvalue weighted by Gasteiger charge is -2.53. The first-order valence-corrected chi connectivity index (χ1v) is 11.3. The van der Waals surface area contributed by atoms with Gasteiger partial charge in [0.15, 0.2) is 0 Å². The fourth-order valence-electron chi connectivity index (χ4n) is 4.74. The topological polar surface area (TPSA) is 144 Å². The normalized spacial score (nSPS) is 18.4. The molecule has 1 aromatic heterocycles. The summed E-state index contributed by atoms with van der Waals surface area (Å²) in [6.07, 6.45) is 3.89. The first-order chi connectivity index (χ1) is 14.9. The maximum absolute atomic E-state index is 13.1.